The van der Waals surface area contributed by atoms with Crippen LogP contribution in [0.1, 0.15) is 5.56 Å². The van der Waals surface area contributed by atoms with Crippen molar-refractivity contribution < 1.29 is 13.9 Å². The van der Waals surface area contributed by atoms with Gasteiger partial charge in [0.15, 0.2) is 11.6 Å². The van der Waals surface area contributed by atoms with Gasteiger partial charge in [-0.1, -0.05) is 12.1 Å². The predicted octanol–water partition coefficient (Wildman–Crippen LogP) is 3.52. The fourth-order valence-corrected chi connectivity index (χ4v) is 1.58. The number of methoxy groups -OCH3 is 1. The predicted molar refractivity (Wildman–Crippen MR) is 68.6 cm³/mol. The van der Waals surface area contributed by atoms with E-state index < -0.39 is 0 Å². The van der Waals surface area contributed by atoms with E-state index in [0.717, 1.165) is 0 Å². The standard InChI is InChI=1S/C14H14FNO2/c1-9-4-3-5-12(14(9)15)18-10-6-7-11(16)13(8-10)17-2/h3-8H,16H2,1-2H3. The summed E-state index contributed by atoms with van der Waals surface area (Å²) in [6.07, 6.45) is 0. The van der Waals surface area contributed by atoms with Crippen molar-refractivity contribution in [3.05, 3.63) is 47.8 Å². The molecule has 0 saturated carbocycles. The van der Waals surface area contributed by atoms with Crippen LogP contribution in [0.5, 0.6) is 17.2 Å². The Labute approximate surface area is 105 Å². The molecular weight excluding hydrogens is 233 g/mol. The average molecular weight is 247 g/mol. The molecule has 0 fully saturated rings. The number of halogens is 1. The maximum absolute atomic E-state index is 13.8. The van der Waals surface area contributed by atoms with Crippen LogP contribution >= 0.6 is 0 Å². The maximum Gasteiger partial charge on any atom is 0.168 e. The van der Waals surface area contributed by atoms with Gasteiger partial charge >= 0.3 is 0 Å². The van der Waals surface area contributed by atoms with Crippen LogP contribution in [0.4, 0.5) is 10.1 Å². The van der Waals surface area contributed by atoms with Gasteiger partial charge in [0.25, 0.3) is 0 Å². The minimum Gasteiger partial charge on any atom is -0.494 e. The van der Waals surface area contributed by atoms with Gasteiger partial charge in [-0.25, -0.2) is 4.39 Å². The summed E-state index contributed by atoms with van der Waals surface area (Å²) >= 11 is 0. The van der Waals surface area contributed by atoms with Crippen molar-refractivity contribution in [3.8, 4) is 17.2 Å². The first-order valence-corrected chi connectivity index (χ1v) is 5.48. The van der Waals surface area contributed by atoms with Gasteiger partial charge in [0.2, 0.25) is 0 Å². The topological polar surface area (TPSA) is 44.5 Å². The third-order valence-electron chi connectivity index (χ3n) is 2.59. The van der Waals surface area contributed by atoms with Crippen molar-refractivity contribution in [1.82, 2.24) is 0 Å². The lowest BCUT2D eigenvalue weighted by atomic mass is 10.2. The molecule has 0 radical (unpaired) electrons. The first kappa shape index (κ1) is 12.2. The number of rotatable bonds is 3. The van der Waals surface area contributed by atoms with E-state index in [4.69, 9.17) is 15.2 Å². The number of ether oxygens (including phenoxy) is 2. The van der Waals surface area contributed by atoms with E-state index in [-0.39, 0.29) is 11.6 Å². The van der Waals surface area contributed by atoms with Gasteiger partial charge in [0.1, 0.15) is 11.5 Å². The molecule has 2 N–H and O–H groups in total. The quantitative estimate of drug-likeness (QED) is 0.844. The monoisotopic (exact) mass is 247 g/mol. The Morgan fingerprint density at radius 3 is 2.61 bits per heavy atom. The Morgan fingerprint density at radius 2 is 1.89 bits per heavy atom. The molecule has 0 aliphatic carbocycles. The van der Waals surface area contributed by atoms with Gasteiger partial charge in [-0.2, -0.15) is 0 Å². The molecule has 2 aromatic carbocycles. The number of nitrogen functional groups attached to an aromatic ring is 1. The second-order valence-electron chi connectivity index (χ2n) is 3.89. The largest absolute Gasteiger partial charge is 0.494 e. The highest BCUT2D eigenvalue weighted by Crippen LogP contribution is 2.31. The highest BCUT2D eigenvalue weighted by molar-refractivity contribution is 5.56. The molecule has 0 atom stereocenters. The molecule has 94 valence electrons. The van der Waals surface area contributed by atoms with Crippen LogP contribution in [0.3, 0.4) is 0 Å². The van der Waals surface area contributed by atoms with E-state index >= 15 is 0 Å². The van der Waals surface area contributed by atoms with Crippen molar-refractivity contribution >= 4 is 5.69 Å². The molecule has 0 heterocycles. The Balaban J connectivity index is 2.31. The second-order valence-corrected chi connectivity index (χ2v) is 3.89. The first-order chi connectivity index (χ1) is 8.61. The van der Waals surface area contributed by atoms with Crippen LogP contribution in [0.2, 0.25) is 0 Å². The van der Waals surface area contributed by atoms with E-state index in [0.29, 0.717) is 22.7 Å². The van der Waals surface area contributed by atoms with E-state index in [2.05, 4.69) is 0 Å². The summed E-state index contributed by atoms with van der Waals surface area (Å²) in [5.41, 5.74) is 6.74. The lowest BCUT2D eigenvalue weighted by Crippen LogP contribution is -1.94. The van der Waals surface area contributed by atoms with Gasteiger partial charge in [0, 0.05) is 6.07 Å². The third-order valence-corrected chi connectivity index (χ3v) is 2.59. The molecule has 0 aliphatic heterocycles. The van der Waals surface area contributed by atoms with Crippen molar-refractivity contribution in [3.63, 3.8) is 0 Å². The van der Waals surface area contributed by atoms with Crippen molar-refractivity contribution in [2.24, 2.45) is 0 Å². The summed E-state index contributed by atoms with van der Waals surface area (Å²) in [5, 5.41) is 0. The Hall–Kier alpha value is -2.23. The Kier molecular flexibility index (Phi) is 3.37. The number of hydrogen-bond acceptors (Lipinski definition) is 3. The normalized spacial score (nSPS) is 10.2. The molecule has 0 saturated heterocycles. The van der Waals surface area contributed by atoms with Crippen LogP contribution in [0.25, 0.3) is 0 Å². The summed E-state index contributed by atoms with van der Waals surface area (Å²) in [5.74, 6) is 0.793. The third kappa shape index (κ3) is 2.37. The van der Waals surface area contributed by atoms with Crippen molar-refractivity contribution in [2.45, 2.75) is 6.92 Å². The first-order valence-electron chi connectivity index (χ1n) is 5.48. The highest BCUT2D eigenvalue weighted by Gasteiger charge is 2.08. The molecule has 2 aromatic rings. The highest BCUT2D eigenvalue weighted by atomic mass is 19.1. The maximum atomic E-state index is 13.8. The summed E-state index contributed by atoms with van der Waals surface area (Å²) in [6, 6.07) is 9.94. The van der Waals surface area contributed by atoms with Crippen molar-refractivity contribution in [2.75, 3.05) is 12.8 Å². The number of hydrogen-bond donors (Lipinski definition) is 1. The van der Waals surface area contributed by atoms with Gasteiger partial charge in [0.05, 0.1) is 12.8 Å². The molecule has 2 rings (SSSR count). The van der Waals surface area contributed by atoms with E-state index in [1.54, 1.807) is 43.3 Å². The molecule has 0 amide bonds. The zero-order valence-electron chi connectivity index (χ0n) is 10.2. The summed E-state index contributed by atoms with van der Waals surface area (Å²) in [4.78, 5) is 0. The van der Waals surface area contributed by atoms with Gasteiger partial charge in [-0.3, -0.25) is 0 Å². The zero-order valence-corrected chi connectivity index (χ0v) is 10.2. The van der Waals surface area contributed by atoms with E-state index in [1.165, 1.54) is 7.11 Å². The summed E-state index contributed by atoms with van der Waals surface area (Å²) in [6.45, 7) is 1.69. The Bertz CT molecular complexity index is 570. The lowest BCUT2D eigenvalue weighted by Gasteiger charge is -2.10. The second kappa shape index (κ2) is 4.96. The molecule has 4 heteroatoms. The molecular formula is C14H14FNO2. The van der Waals surface area contributed by atoms with Gasteiger partial charge < -0.3 is 15.2 Å². The SMILES string of the molecule is COc1cc(Oc2cccc(C)c2F)ccc1N. The minimum atomic E-state index is -0.367. The van der Waals surface area contributed by atoms with Gasteiger partial charge in [-0.05, 0) is 30.7 Å². The molecule has 0 bridgehead atoms. The fraction of sp³-hybridized carbons (Fsp3) is 0.143. The van der Waals surface area contributed by atoms with Gasteiger partial charge in [-0.15, -0.1) is 0 Å². The zero-order chi connectivity index (χ0) is 13.1. The van der Waals surface area contributed by atoms with E-state index in [1.807, 2.05) is 0 Å². The van der Waals surface area contributed by atoms with Crippen LogP contribution in [0.15, 0.2) is 36.4 Å². The molecule has 18 heavy (non-hydrogen) atoms. The van der Waals surface area contributed by atoms with Crippen LogP contribution in [-0.2, 0) is 0 Å². The number of anilines is 1. The molecule has 0 unspecified atom stereocenters. The molecule has 0 aliphatic rings. The average Bonchev–Trinajstić information content (AvgIpc) is 2.37. The summed E-state index contributed by atoms with van der Waals surface area (Å²) < 4.78 is 24.3. The van der Waals surface area contributed by atoms with Crippen LogP contribution in [-0.4, -0.2) is 7.11 Å². The Morgan fingerprint density at radius 1 is 1.11 bits per heavy atom. The van der Waals surface area contributed by atoms with Crippen LogP contribution in [0, 0.1) is 12.7 Å². The minimum absolute atomic E-state index is 0.182. The summed E-state index contributed by atoms with van der Waals surface area (Å²) in [7, 11) is 1.52. The van der Waals surface area contributed by atoms with Crippen LogP contribution < -0.4 is 15.2 Å². The number of aryl methyl sites for hydroxylation is 1. The van der Waals surface area contributed by atoms with E-state index in [9.17, 15) is 4.39 Å². The lowest BCUT2D eigenvalue weighted by molar-refractivity contribution is 0.407. The molecule has 0 spiro atoms. The molecule has 3 nitrogen and oxygen atoms in total. The molecule has 0 aromatic heterocycles. The smallest absolute Gasteiger partial charge is 0.168 e. The number of benzene rings is 2. The van der Waals surface area contributed by atoms with Crippen molar-refractivity contribution in [1.29, 1.82) is 0 Å². The number of nitrogens with two attached hydrogens (primary N) is 1. The fourth-order valence-electron chi connectivity index (χ4n) is 1.58.